The van der Waals surface area contributed by atoms with E-state index < -0.39 is 21.0 Å². The van der Waals surface area contributed by atoms with Gasteiger partial charge in [0.25, 0.3) is 0 Å². The summed E-state index contributed by atoms with van der Waals surface area (Å²) in [4.78, 5) is 29.8. The van der Waals surface area contributed by atoms with Gasteiger partial charge in [-0.15, -0.1) is 0 Å². The largest absolute Gasteiger partial charge is 0.355 e. The minimum absolute atomic E-state index is 0.0752. The van der Waals surface area contributed by atoms with E-state index in [-0.39, 0.29) is 30.5 Å². The number of nitrogens with zero attached hydrogens (tertiary/aromatic N) is 2. The number of rotatable bonds is 7. The van der Waals surface area contributed by atoms with Gasteiger partial charge in [0.15, 0.2) is 9.84 Å². The Morgan fingerprint density at radius 3 is 2.83 bits per heavy atom. The summed E-state index contributed by atoms with van der Waals surface area (Å²) in [7, 11) is -3.18. The molecule has 1 aromatic rings. The first-order chi connectivity index (χ1) is 11.3. The molecule has 0 aromatic carbocycles. The summed E-state index contributed by atoms with van der Waals surface area (Å²) in [6, 6.07) is 3.68. The van der Waals surface area contributed by atoms with Crippen LogP contribution in [-0.2, 0) is 26.0 Å². The molecule has 0 bridgehead atoms. The zero-order chi connectivity index (χ0) is 17.7. The Labute approximate surface area is 142 Å². The predicted octanol–water partition coefficient (Wildman–Crippen LogP) is 0.370. The monoisotopic (exact) mass is 353 g/mol. The van der Waals surface area contributed by atoms with Gasteiger partial charge in [0, 0.05) is 38.4 Å². The van der Waals surface area contributed by atoms with Crippen LogP contribution < -0.4 is 5.32 Å². The zero-order valence-corrected chi connectivity index (χ0v) is 14.8. The Bertz CT molecular complexity index is 689. The Hall–Kier alpha value is -1.96. The number of sulfone groups is 1. The van der Waals surface area contributed by atoms with Gasteiger partial charge in [-0.3, -0.25) is 14.6 Å². The van der Waals surface area contributed by atoms with Crippen LogP contribution in [0.15, 0.2) is 24.5 Å². The second-order valence-corrected chi connectivity index (χ2v) is 8.92. The van der Waals surface area contributed by atoms with Crippen molar-refractivity contribution < 1.29 is 18.0 Å². The maximum atomic E-state index is 12.1. The predicted molar refractivity (Wildman–Crippen MR) is 89.7 cm³/mol. The lowest BCUT2D eigenvalue weighted by atomic mass is 10.1. The molecule has 1 aliphatic rings. The molecule has 2 heterocycles. The molecule has 0 aliphatic carbocycles. The van der Waals surface area contributed by atoms with Crippen molar-refractivity contribution in [1.82, 2.24) is 15.2 Å². The molecule has 2 amide bonds. The standard InChI is InChI=1S/C16H23N3O4S/c1-12(2)24(22,23)7-6-18-16(21)14-8-15(20)19(11-14)10-13-4-3-5-17-9-13/h3-5,9,12,14H,6-8,10-11H2,1-2H3,(H,18,21). The van der Waals surface area contributed by atoms with Crippen LogP contribution in [0.3, 0.4) is 0 Å². The Kier molecular flexibility index (Phi) is 5.93. The third-order valence-corrected chi connectivity index (χ3v) is 6.30. The minimum Gasteiger partial charge on any atom is -0.355 e. The van der Waals surface area contributed by atoms with Crippen LogP contribution in [0.4, 0.5) is 0 Å². The first-order valence-electron chi connectivity index (χ1n) is 7.95. The third kappa shape index (κ3) is 4.77. The Morgan fingerprint density at radius 2 is 2.21 bits per heavy atom. The van der Waals surface area contributed by atoms with E-state index in [1.165, 1.54) is 0 Å². The summed E-state index contributed by atoms with van der Waals surface area (Å²) in [5.41, 5.74) is 0.912. The van der Waals surface area contributed by atoms with E-state index in [9.17, 15) is 18.0 Å². The Balaban J connectivity index is 1.83. The van der Waals surface area contributed by atoms with Gasteiger partial charge >= 0.3 is 0 Å². The van der Waals surface area contributed by atoms with Crippen LogP contribution in [0.25, 0.3) is 0 Å². The van der Waals surface area contributed by atoms with E-state index in [2.05, 4.69) is 10.3 Å². The number of nitrogens with one attached hydrogen (secondary N) is 1. The second-order valence-electron chi connectivity index (χ2n) is 6.24. The van der Waals surface area contributed by atoms with Crippen molar-refractivity contribution in [3.63, 3.8) is 0 Å². The van der Waals surface area contributed by atoms with Gasteiger partial charge in [0.2, 0.25) is 11.8 Å². The maximum Gasteiger partial charge on any atom is 0.225 e. The molecule has 1 saturated heterocycles. The van der Waals surface area contributed by atoms with Gasteiger partial charge in [0.1, 0.15) is 0 Å². The van der Waals surface area contributed by atoms with Crippen LogP contribution in [-0.4, -0.2) is 54.2 Å². The van der Waals surface area contributed by atoms with Crippen molar-refractivity contribution in [3.8, 4) is 0 Å². The molecule has 7 nitrogen and oxygen atoms in total. The van der Waals surface area contributed by atoms with Gasteiger partial charge in [-0.25, -0.2) is 8.42 Å². The summed E-state index contributed by atoms with van der Waals surface area (Å²) >= 11 is 0. The molecule has 1 fully saturated rings. The molecule has 1 unspecified atom stereocenters. The number of amides is 2. The normalized spacial score (nSPS) is 18.2. The van der Waals surface area contributed by atoms with E-state index >= 15 is 0 Å². The third-order valence-electron chi connectivity index (χ3n) is 4.09. The number of aromatic nitrogens is 1. The molecule has 1 aliphatic heterocycles. The molecular formula is C16H23N3O4S. The molecule has 0 spiro atoms. The summed E-state index contributed by atoms with van der Waals surface area (Å²) in [6.45, 7) is 4.08. The molecule has 1 N–H and O–H groups in total. The molecule has 24 heavy (non-hydrogen) atoms. The Morgan fingerprint density at radius 1 is 1.46 bits per heavy atom. The van der Waals surface area contributed by atoms with Crippen molar-refractivity contribution in [2.75, 3.05) is 18.8 Å². The first kappa shape index (κ1) is 18.4. The van der Waals surface area contributed by atoms with Crippen molar-refractivity contribution in [3.05, 3.63) is 30.1 Å². The molecule has 2 rings (SSSR count). The lowest BCUT2D eigenvalue weighted by molar-refractivity contribution is -0.129. The molecule has 1 aromatic heterocycles. The quantitative estimate of drug-likeness (QED) is 0.764. The number of hydrogen-bond acceptors (Lipinski definition) is 5. The number of likely N-dealkylation sites (tertiary alicyclic amines) is 1. The first-order valence-corrected chi connectivity index (χ1v) is 9.67. The average Bonchev–Trinajstić information content (AvgIpc) is 2.89. The van der Waals surface area contributed by atoms with Crippen LogP contribution in [0, 0.1) is 5.92 Å². The topological polar surface area (TPSA) is 96.4 Å². The summed E-state index contributed by atoms with van der Waals surface area (Å²) < 4.78 is 23.4. The van der Waals surface area contributed by atoms with Crippen LogP contribution in [0.5, 0.6) is 0 Å². The van der Waals surface area contributed by atoms with Gasteiger partial charge in [0.05, 0.1) is 16.9 Å². The van der Waals surface area contributed by atoms with Gasteiger partial charge in [-0.1, -0.05) is 6.07 Å². The molecule has 8 heteroatoms. The van der Waals surface area contributed by atoms with E-state index in [4.69, 9.17) is 0 Å². The van der Waals surface area contributed by atoms with Crippen LogP contribution >= 0.6 is 0 Å². The lowest BCUT2D eigenvalue weighted by Gasteiger charge is -2.16. The number of carbonyl (C=O) groups is 2. The minimum atomic E-state index is -3.18. The van der Waals surface area contributed by atoms with Gasteiger partial charge in [-0.05, 0) is 25.5 Å². The second kappa shape index (κ2) is 7.74. The molecule has 1 atom stereocenters. The fourth-order valence-electron chi connectivity index (χ4n) is 2.51. The fourth-order valence-corrected chi connectivity index (χ4v) is 3.37. The van der Waals surface area contributed by atoms with Crippen molar-refractivity contribution in [2.45, 2.75) is 32.1 Å². The number of carbonyl (C=O) groups excluding carboxylic acids is 2. The molecule has 0 saturated carbocycles. The van der Waals surface area contributed by atoms with E-state index in [1.54, 1.807) is 37.2 Å². The van der Waals surface area contributed by atoms with Crippen molar-refractivity contribution in [1.29, 1.82) is 0 Å². The number of hydrogen-bond donors (Lipinski definition) is 1. The van der Waals surface area contributed by atoms with Crippen molar-refractivity contribution >= 4 is 21.7 Å². The van der Waals surface area contributed by atoms with E-state index in [0.29, 0.717) is 13.1 Å². The summed E-state index contributed by atoms with van der Waals surface area (Å²) in [5.74, 6) is -0.864. The van der Waals surface area contributed by atoms with Crippen LogP contribution in [0.1, 0.15) is 25.8 Å². The van der Waals surface area contributed by atoms with Gasteiger partial charge in [-0.2, -0.15) is 0 Å². The SMILES string of the molecule is CC(C)S(=O)(=O)CCNC(=O)C1CC(=O)N(Cc2cccnc2)C1. The highest BCUT2D eigenvalue weighted by molar-refractivity contribution is 7.92. The summed E-state index contributed by atoms with van der Waals surface area (Å²) in [6.07, 6.45) is 3.51. The molecular weight excluding hydrogens is 330 g/mol. The highest BCUT2D eigenvalue weighted by Crippen LogP contribution is 2.20. The highest BCUT2D eigenvalue weighted by Gasteiger charge is 2.34. The van der Waals surface area contributed by atoms with E-state index in [1.807, 2.05) is 6.07 Å². The highest BCUT2D eigenvalue weighted by atomic mass is 32.2. The fraction of sp³-hybridized carbons (Fsp3) is 0.562. The number of pyridine rings is 1. The molecule has 132 valence electrons. The average molecular weight is 353 g/mol. The lowest BCUT2D eigenvalue weighted by Crippen LogP contribution is -2.36. The van der Waals surface area contributed by atoms with Crippen LogP contribution in [0.2, 0.25) is 0 Å². The smallest absolute Gasteiger partial charge is 0.225 e. The van der Waals surface area contributed by atoms with Crippen molar-refractivity contribution in [2.24, 2.45) is 5.92 Å². The summed E-state index contributed by atoms with van der Waals surface area (Å²) in [5, 5.41) is 2.17. The maximum absolute atomic E-state index is 12.1. The molecule has 0 radical (unpaired) electrons. The van der Waals surface area contributed by atoms with E-state index in [0.717, 1.165) is 5.56 Å². The zero-order valence-electron chi connectivity index (χ0n) is 13.9. The van der Waals surface area contributed by atoms with Gasteiger partial charge < -0.3 is 10.2 Å².